The Hall–Kier alpha value is -1.75. The smallest absolute Gasteiger partial charge is 0.305 e. The molecular formula is C16H20ClNO4. The molecule has 1 aliphatic rings. The van der Waals surface area contributed by atoms with E-state index in [4.69, 9.17) is 21.4 Å². The number of amides is 1. The molecule has 1 aromatic carbocycles. The van der Waals surface area contributed by atoms with Crippen LogP contribution in [0.15, 0.2) is 18.2 Å². The highest BCUT2D eigenvalue weighted by atomic mass is 35.5. The minimum atomic E-state index is -0.945. The lowest BCUT2D eigenvalue weighted by molar-refractivity contribution is -0.140. The van der Waals surface area contributed by atoms with Gasteiger partial charge in [-0.05, 0) is 36.6 Å². The van der Waals surface area contributed by atoms with Crippen LogP contribution in [0.25, 0.3) is 0 Å². The molecule has 0 bridgehead atoms. The van der Waals surface area contributed by atoms with Gasteiger partial charge in [-0.2, -0.15) is 0 Å². The number of nitrogens with one attached hydrogen (secondary N) is 1. The first-order valence-electron chi connectivity index (χ1n) is 7.20. The third kappa shape index (κ3) is 3.53. The van der Waals surface area contributed by atoms with E-state index >= 15 is 0 Å². The lowest BCUT2D eigenvalue weighted by Crippen LogP contribution is -2.54. The van der Waals surface area contributed by atoms with Gasteiger partial charge in [0.05, 0.1) is 12.0 Å². The van der Waals surface area contributed by atoms with Crippen LogP contribution in [-0.4, -0.2) is 28.6 Å². The molecule has 1 aromatic rings. The van der Waals surface area contributed by atoms with E-state index in [1.54, 1.807) is 25.1 Å². The molecule has 2 rings (SSSR count). The van der Waals surface area contributed by atoms with Gasteiger partial charge < -0.3 is 15.2 Å². The molecule has 22 heavy (non-hydrogen) atoms. The van der Waals surface area contributed by atoms with Gasteiger partial charge >= 0.3 is 5.97 Å². The summed E-state index contributed by atoms with van der Waals surface area (Å²) in [6, 6.07) is 5.23. The van der Waals surface area contributed by atoms with E-state index in [-0.39, 0.29) is 18.2 Å². The van der Waals surface area contributed by atoms with Crippen LogP contribution in [0, 0.1) is 5.92 Å². The summed E-state index contributed by atoms with van der Waals surface area (Å²) < 4.78 is 5.64. The zero-order valence-corrected chi connectivity index (χ0v) is 13.6. The van der Waals surface area contributed by atoms with Gasteiger partial charge in [-0.25, -0.2) is 0 Å². The summed E-state index contributed by atoms with van der Waals surface area (Å²) in [4.78, 5) is 23.5. The van der Waals surface area contributed by atoms with Crippen LogP contribution in [0.4, 0.5) is 0 Å². The molecule has 0 spiro atoms. The van der Waals surface area contributed by atoms with Crippen molar-refractivity contribution < 1.29 is 19.4 Å². The van der Waals surface area contributed by atoms with Gasteiger partial charge in [-0.3, -0.25) is 9.59 Å². The van der Waals surface area contributed by atoms with Crippen molar-refractivity contribution >= 4 is 23.5 Å². The van der Waals surface area contributed by atoms with Crippen molar-refractivity contribution in [2.45, 2.75) is 45.3 Å². The van der Waals surface area contributed by atoms with Crippen molar-refractivity contribution in [3.05, 3.63) is 28.8 Å². The van der Waals surface area contributed by atoms with E-state index in [1.807, 2.05) is 13.8 Å². The zero-order chi connectivity index (χ0) is 16.5. The van der Waals surface area contributed by atoms with Crippen LogP contribution >= 0.6 is 11.6 Å². The average Bonchev–Trinajstić information content (AvgIpc) is 2.80. The molecule has 1 aliphatic heterocycles. The number of carboxylic acid groups (broad SMARTS) is 1. The van der Waals surface area contributed by atoms with Crippen LogP contribution in [-0.2, 0) is 16.0 Å². The van der Waals surface area contributed by atoms with Gasteiger partial charge in [0.2, 0.25) is 0 Å². The molecule has 6 heteroatoms. The third-order valence-electron chi connectivity index (χ3n) is 4.19. The van der Waals surface area contributed by atoms with Crippen molar-refractivity contribution in [1.82, 2.24) is 5.32 Å². The number of carbonyl (C=O) groups excluding carboxylic acids is 1. The van der Waals surface area contributed by atoms with E-state index in [0.717, 1.165) is 5.56 Å². The second-order valence-corrected chi connectivity index (χ2v) is 6.63. The number of halogens is 1. The molecule has 2 N–H and O–H groups in total. The zero-order valence-electron chi connectivity index (χ0n) is 12.9. The lowest BCUT2D eigenvalue weighted by Gasteiger charge is -2.34. The molecule has 0 saturated heterocycles. The Morgan fingerprint density at radius 2 is 2.18 bits per heavy atom. The van der Waals surface area contributed by atoms with Crippen LogP contribution in [0.1, 0.15) is 32.8 Å². The van der Waals surface area contributed by atoms with E-state index in [2.05, 4.69) is 5.32 Å². The van der Waals surface area contributed by atoms with E-state index in [0.29, 0.717) is 17.2 Å². The molecule has 0 radical (unpaired) electrons. The molecule has 0 aliphatic carbocycles. The lowest BCUT2D eigenvalue weighted by atomic mass is 9.85. The summed E-state index contributed by atoms with van der Waals surface area (Å²) in [6.45, 7) is 5.50. The number of carboxylic acids is 1. The van der Waals surface area contributed by atoms with Crippen LogP contribution in [0.2, 0.25) is 5.02 Å². The molecule has 1 heterocycles. The molecule has 2 atom stereocenters. The predicted octanol–water partition coefficient (Wildman–Crippen LogP) is 2.65. The highest BCUT2D eigenvalue weighted by molar-refractivity contribution is 6.30. The standard InChI is InChI=1S/C16H20ClNO4/c1-9(2)16(3,8-14(19)20)18-15(21)13-7-10-6-11(17)4-5-12(10)22-13/h4-6,9,13H,7-8H2,1-3H3,(H,18,21)(H,19,20). The van der Waals surface area contributed by atoms with Crippen molar-refractivity contribution in [3.63, 3.8) is 0 Å². The number of hydrogen-bond acceptors (Lipinski definition) is 3. The summed E-state index contributed by atoms with van der Waals surface area (Å²) in [7, 11) is 0. The Morgan fingerprint density at radius 3 is 2.77 bits per heavy atom. The van der Waals surface area contributed by atoms with Gasteiger partial charge in [0.25, 0.3) is 5.91 Å². The number of hydrogen-bond donors (Lipinski definition) is 2. The first-order valence-corrected chi connectivity index (χ1v) is 7.58. The van der Waals surface area contributed by atoms with Crippen LogP contribution < -0.4 is 10.1 Å². The number of benzene rings is 1. The first kappa shape index (κ1) is 16.6. The summed E-state index contributed by atoms with van der Waals surface area (Å²) >= 11 is 5.93. The summed E-state index contributed by atoms with van der Waals surface area (Å²) in [5.41, 5.74) is 0.0655. The highest BCUT2D eigenvalue weighted by Crippen LogP contribution is 2.31. The van der Waals surface area contributed by atoms with E-state index in [1.165, 1.54) is 0 Å². The number of aliphatic carboxylic acids is 1. The molecule has 0 aromatic heterocycles. The molecule has 120 valence electrons. The van der Waals surface area contributed by atoms with Gasteiger partial charge in [-0.1, -0.05) is 25.4 Å². The van der Waals surface area contributed by atoms with E-state index in [9.17, 15) is 9.59 Å². The Morgan fingerprint density at radius 1 is 1.50 bits per heavy atom. The number of carbonyl (C=O) groups is 2. The minimum Gasteiger partial charge on any atom is -0.481 e. The fraction of sp³-hybridized carbons (Fsp3) is 0.500. The summed E-state index contributed by atoms with van der Waals surface area (Å²) in [5, 5.41) is 12.5. The molecular weight excluding hydrogens is 306 g/mol. The van der Waals surface area contributed by atoms with Crippen molar-refractivity contribution in [2.24, 2.45) is 5.92 Å². The molecule has 5 nitrogen and oxygen atoms in total. The SMILES string of the molecule is CC(C)C(C)(CC(=O)O)NC(=O)C1Cc2cc(Cl)ccc2O1. The third-order valence-corrected chi connectivity index (χ3v) is 4.43. The van der Waals surface area contributed by atoms with Crippen LogP contribution in [0.5, 0.6) is 5.75 Å². The van der Waals surface area contributed by atoms with Crippen molar-refractivity contribution in [1.29, 1.82) is 0 Å². The maximum Gasteiger partial charge on any atom is 0.305 e. The maximum atomic E-state index is 12.4. The quantitative estimate of drug-likeness (QED) is 0.872. The molecule has 2 unspecified atom stereocenters. The van der Waals surface area contributed by atoms with Gasteiger partial charge in [0.1, 0.15) is 5.75 Å². The Bertz CT molecular complexity index is 602. The molecule has 1 amide bonds. The second kappa shape index (κ2) is 6.16. The summed E-state index contributed by atoms with van der Waals surface area (Å²) in [6.07, 6.45) is -0.356. The number of ether oxygens (including phenoxy) is 1. The van der Waals surface area contributed by atoms with Gasteiger partial charge in [0.15, 0.2) is 6.10 Å². The molecule has 0 fully saturated rings. The Balaban J connectivity index is 2.08. The van der Waals surface area contributed by atoms with Crippen molar-refractivity contribution in [2.75, 3.05) is 0 Å². The minimum absolute atomic E-state index is 0.0224. The molecule has 0 saturated carbocycles. The second-order valence-electron chi connectivity index (χ2n) is 6.19. The highest BCUT2D eigenvalue weighted by Gasteiger charge is 2.37. The predicted molar refractivity (Wildman–Crippen MR) is 83.2 cm³/mol. The van der Waals surface area contributed by atoms with Gasteiger partial charge in [0, 0.05) is 11.4 Å². The topological polar surface area (TPSA) is 75.6 Å². The number of fused-ring (bicyclic) bond motifs is 1. The van der Waals surface area contributed by atoms with Crippen LogP contribution in [0.3, 0.4) is 0 Å². The fourth-order valence-corrected chi connectivity index (χ4v) is 2.63. The Labute approximate surface area is 134 Å². The largest absolute Gasteiger partial charge is 0.481 e. The normalized spacial score (nSPS) is 19.2. The Kier molecular flexibility index (Phi) is 4.66. The van der Waals surface area contributed by atoms with E-state index < -0.39 is 17.6 Å². The maximum absolute atomic E-state index is 12.4. The first-order chi connectivity index (χ1) is 10.2. The number of rotatable bonds is 5. The summed E-state index contributed by atoms with van der Waals surface area (Å²) in [5.74, 6) is -0.622. The van der Waals surface area contributed by atoms with Gasteiger partial charge in [-0.15, -0.1) is 0 Å². The monoisotopic (exact) mass is 325 g/mol. The fourth-order valence-electron chi connectivity index (χ4n) is 2.43. The average molecular weight is 326 g/mol. The van der Waals surface area contributed by atoms with Crippen molar-refractivity contribution in [3.8, 4) is 5.75 Å².